The smallest absolute Gasteiger partial charge is 0.234 e. The predicted octanol–water partition coefficient (Wildman–Crippen LogP) is 3.08. The number of nitrogens with zero attached hydrogens (tertiary/aromatic N) is 2. The number of hydrogen-bond acceptors (Lipinski definition) is 2. The van der Waals surface area contributed by atoms with Gasteiger partial charge < -0.3 is 0 Å². The molecule has 2 heterocycles. The third kappa shape index (κ3) is 1.82. The zero-order chi connectivity index (χ0) is 12.6. The van der Waals surface area contributed by atoms with Gasteiger partial charge in [-0.1, -0.05) is 25.3 Å². The first-order chi connectivity index (χ1) is 8.71. The summed E-state index contributed by atoms with van der Waals surface area (Å²) in [5.74, 6) is 1.16. The monoisotopic (exact) mass is 244 g/mol. The topological polar surface area (TPSA) is 33.2 Å². The summed E-state index contributed by atoms with van der Waals surface area (Å²) in [6.45, 7) is 2.82. The van der Waals surface area contributed by atoms with E-state index in [1.165, 1.54) is 19.3 Å². The second-order valence-electron chi connectivity index (χ2n) is 5.68. The summed E-state index contributed by atoms with van der Waals surface area (Å²) in [6.07, 6.45) is 6.88. The first kappa shape index (κ1) is 11.7. The molecule has 0 unspecified atom stereocenters. The van der Waals surface area contributed by atoms with Crippen molar-refractivity contribution in [3.05, 3.63) is 23.9 Å². The van der Waals surface area contributed by atoms with Gasteiger partial charge in [-0.15, -0.1) is 0 Å². The van der Waals surface area contributed by atoms with Crippen LogP contribution in [0.2, 0.25) is 0 Å². The molecule has 1 saturated heterocycles. The van der Waals surface area contributed by atoms with Crippen molar-refractivity contribution in [2.45, 2.75) is 45.4 Å². The average Bonchev–Trinajstić information content (AvgIpc) is 2.68. The van der Waals surface area contributed by atoms with Crippen LogP contribution in [0.15, 0.2) is 18.2 Å². The normalized spacial score (nSPS) is 22.7. The minimum atomic E-state index is -0.0519. The molecule has 18 heavy (non-hydrogen) atoms. The van der Waals surface area contributed by atoms with E-state index in [0.29, 0.717) is 5.91 Å². The highest BCUT2D eigenvalue weighted by molar-refractivity contribution is 5.99. The number of pyridine rings is 1. The quantitative estimate of drug-likeness (QED) is 0.760. The van der Waals surface area contributed by atoms with Gasteiger partial charge in [-0.25, -0.2) is 4.98 Å². The Hall–Kier alpha value is -1.38. The maximum Gasteiger partial charge on any atom is 0.234 e. The molecule has 0 radical (unpaired) electrons. The number of hydrogen-bond donors (Lipinski definition) is 0. The Morgan fingerprint density at radius 1 is 1.17 bits per heavy atom. The van der Waals surface area contributed by atoms with Gasteiger partial charge in [0.25, 0.3) is 0 Å². The van der Waals surface area contributed by atoms with Gasteiger partial charge in [-0.3, -0.25) is 9.69 Å². The molecule has 0 aromatic carbocycles. The lowest BCUT2D eigenvalue weighted by Crippen LogP contribution is -2.36. The van der Waals surface area contributed by atoms with Gasteiger partial charge in [-0.2, -0.15) is 0 Å². The predicted molar refractivity (Wildman–Crippen MR) is 71.5 cm³/mol. The molecule has 2 aliphatic rings. The maximum absolute atomic E-state index is 12.7. The van der Waals surface area contributed by atoms with Gasteiger partial charge >= 0.3 is 0 Å². The van der Waals surface area contributed by atoms with E-state index in [0.717, 1.165) is 37.3 Å². The van der Waals surface area contributed by atoms with Crippen LogP contribution >= 0.6 is 0 Å². The molecule has 0 bridgehead atoms. The van der Waals surface area contributed by atoms with Crippen molar-refractivity contribution < 1.29 is 4.79 Å². The van der Waals surface area contributed by atoms with Crippen molar-refractivity contribution in [3.8, 4) is 0 Å². The first-order valence-electron chi connectivity index (χ1n) is 6.97. The van der Waals surface area contributed by atoms with Gasteiger partial charge in [-0.05, 0) is 38.3 Å². The molecule has 1 spiro atoms. The fourth-order valence-corrected chi connectivity index (χ4v) is 3.41. The third-order valence-electron chi connectivity index (χ3n) is 4.47. The fraction of sp³-hybridized carbons (Fsp3) is 0.600. The highest BCUT2D eigenvalue weighted by atomic mass is 16.2. The van der Waals surface area contributed by atoms with Crippen LogP contribution in [0.3, 0.4) is 0 Å². The Balaban J connectivity index is 1.86. The van der Waals surface area contributed by atoms with Crippen LogP contribution < -0.4 is 4.90 Å². The Bertz CT molecular complexity index is 463. The van der Waals surface area contributed by atoms with Gasteiger partial charge in [0, 0.05) is 12.2 Å². The Labute approximate surface area is 108 Å². The van der Waals surface area contributed by atoms with E-state index in [-0.39, 0.29) is 5.41 Å². The molecule has 1 aliphatic heterocycles. The molecule has 1 saturated carbocycles. The Morgan fingerprint density at radius 2 is 1.94 bits per heavy atom. The van der Waals surface area contributed by atoms with E-state index in [9.17, 15) is 4.79 Å². The van der Waals surface area contributed by atoms with Crippen molar-refractivity contribution in [1.29, 1.82) is 0 Å². The third-order valence-corrected chi connectivity index (χ3v) is 4.47. The minimum Gasteiger partial charge on any atom is -0.296 e. The molecule has 1 aliphatic carbocycles. The summed E-state index contributed by atoms with van der Waals surface area (Å²) >= 11 is 0. The van der Waals surface area contributed by atoms with E-state index in [4.69, 9.17) is 0 Å². The van der Waals surface area contributed by atoms with Crippen molar-refractivity contribution >= 4 is 11.7 Å². The van der Waals surface area contributed by atoms with E-state index in [2.05, 4.69) is 4.98 Å². The molecular weight excluding hydrogens is 224 g/mol. The summed E-state index contributed by atoms with van der Waals surface area (Å²) in [4.78, 5) is 19.1. The van der Waals surface area contributed by atoms with Crippen molar-refractivity contribution in [2.24, 2.45) is 5.41 Å². The van der Waals surface area contributed by atoms with Crippen LogP contribution in [0.25, 0.3) is 0 Å². The van der Waals surface area contributed by atoms with Crippen molar-refractivity contribution in [2.75, 3.05) is 11.4 Å². The molecule has 0 atom stereocenters. The SMILES string of the molecule is Cc1cccc(N2CCC3(CCCCC3)C2=O)n1. The Morgan fingerprint density at radius 3 is 2.67 bits per heavy atom. The number of carbonyl (C=O) groups excluding carboxylic acids is 1. The van der Waals surface area contributed by atoms with Crippen molar-refractivity contribution in [3.63, 3.8) is 0 Å². The maximum atomic E-state index is 12.7. The first-order valence-corrected chi connectivity index (χ1v) is 6.97. The molecule has 3 heteroatoms. The van der Waals surface area contributed by atoms with Crippen molar-refractivity contribution in [1.82, 2.24) is 4.98 Å². The number of anilines is 1. The molecule has 96 valence electrons. The van der Waals surface area contributed by atoms with Gasteiger partial charge in [0.05, 0.1) is 5.41 Å². The van der Waals surface area contributed by atoms with Gasteiger partial charge in [0.2, 0.25) is 5.91 Å². The minimum absolute atomic E-state index is 0.0519. The molecule has 1 amide bonds. The summed E-state index contributed by atoms with van der Waals surface area (Å²) in [6, 6.07) is 5.91. The van der Waals surface area contributed by atoms with Gasteiger partial charge in [0.15, 0.2) is 0 Å². The van der Waals surface area contributed by atoms with E-state index in [1.54, 1.807) is 0 Å². The largest absolute Gasteiger partial charge is 0.296 e. The molecule has 3 rings (SSSR count). The fourth-order valence-electron chi connectivity index (χ4n) is 3.41. The van der Waals surface area contributed by atoms with Crippen LogP contribution in [-0.4, -0.2) is 17.4 Å². The Kier molecular flexibility index (Phi) is 2.84. The highest BCUT2D eigenvalue weighted by Gasteiger charge is 2.47. The van der Waals surface area contributed by atoms with E-state index >= 15 is 0 Å². The zero-order valence-electron chi connectivity index (χ0n) is 11.0. The summed E-state index contributed by atoms with van der Waals surface area (Å²) in [5, 5.41) is 0. The van der Waals surface area contributed by atoms with Crippen LogP contribution in [0, 0.1) is 12.3 Å². The van der Waals surface area contributed by atoms with Gasteiger partial charge in [0.1, 0.15) is 5.82 Å². The van der Waals surface area contributed by atoms with Crippen LogP contribution in [0.1, 0.15) is 44.2 Å². The standard InChI is InChI=1S/C15H20N2O/c1-12-6-5-7-13(16-12)17-11-10-15(14(17)18)8-3-2-4-9-15/h5-7H,2-4,8-11H2,1H3. The number of carbonyl (C=O) groups is 1. The molecule has 0 N–H and O–H groups in total. The lowest BCUT2D eigenvalue weighted by atomic mass is 9.73. The van der Waals surface area contributed by atoms with Crippen LogP contribution in [0.4, 0.5) is 5.82 Å². The molecule has 3 nitrogen and oxygen atoms in total. The lowest BCUT2D eigenvalue weighted by molar-refractivity contribution is -0.127. The zero-order valence-corrected chi connectivity index (χ0v) is 11.0. The average molecular weight is 244 g/mol. The number of rotatable bonds is 1. The number of aryl methyl sites for hydroxylation is 1. The molecule has 2 fully saturated rings. The summed E-state index contributed by atoms with van der Waals surface area (Å²) in [5.41, 5.74) is 0.925. The highest BCUT2D eigenvalue weighted by Crippen LogP contribution is 2.45. The van der Waals surface area contributed by atoms with Crippen LogP contribution in [0.5, 0.6) is 0 Å². The molecule has 1 aromatic heterocycles. The second-order valence-corrected chi connectivity index (χ2v) is 5.68. The second kappa shape index (κ2) is 4.38. The number of aromatic nitrogens is 1. The lowest BCUT2D eigenvalue weighted by Gasteiger charge is -2.31. The summed E-state index contributed by atoms with van der Waals surface area (Å²) in [7, 11) is 0. The molecule has 1 aromatic rings. The van der Waals surface area contributed by atoms with Crippen LogP contribution in [-0.2, 0) is 4.79 Å². The van der Waals surface area contributed by atoms with E-state index < -0.39 is 0 Å². The summed E-state index contributed by atoms with van der Waals surface area (Å²) < 4.78 is 0. The van der Waals surface area contributed by atoms with E-state index in [1.807, 2.05) is 30.0 Å². The molecular formula is C15H20N2O. The number of amides is 1.